The molecule has 0 aromatic heterocycles. The number of rotatable bonds is 10. The van der Waals surface area contributed by atoms with E-state index in [0.29, 0.717) is 23.7 Å². The minimum absolute atomic E-state index is 0.486. The van der Waals surface area contributed by atoms with Crippen molar-refractivity contribution < 1.29 is 20.8 Å². The maximum Gasteiger partial charge on any atom is 0.0920 e. The van der Waals surface area contributed by atoms with Gasteiger partial charge in [-0.05, 0) is 81.0 Å². The molecule has 10 aromatic carbocycles. The molecule has 10 aromatic rings. The summed E-state index contributed by atoms with van der Waals surface area (Å²) in [7, 11) is 10.7. The van der Waals surface area contributed by atoms with E-state index in [4.69, 9.17) is 17.0 Å². The molecule has 0 N–H and O–H groups in total. The molecule has 0 amide bonds. The molecule has 0 saturated heterocycles. The van der Waals surface area contributed by atoms with Crippen LogP contribution in [-0.4, -0.2) is 9.52 Å². The van der Waals surface area contributed by atoms with Gasteiger partial charge >= 0.3 is 37.9 Å². The molecule has 1 aliphatic rings. The van der Waals surface area contributed by atoms with Crippen LogP contribution in [0.25, 0.3) is 77.2 Å². The molecule has 2 radical (unpaired) electrons. The van der Waals surface area contributed by atoms with Crippen LogP contribution < -0.4 is 10.4 Å². The van der Waals surface area contributed by atoms with Crippen molar-refractivity contribution in [3.05, 3.63) is 229 Å². The summed E-state index contributed by atoms with van der Waals surface area (Å²) >= 11 is -0.826. The fourth-order valence-electron chi connectivity index (χ4n) is 10.3. The SMILES string of the molecule is CC(C)Cc1cc2c(-c3ccccc3C(C)C)c(-c3ccccc3)ccc2[cH-]1.CC(C)Cc1cc2c(-c3ccccc3C(C)C)c(-c3ccccc3)ccc2[cH-]1.[Cl][Zr][Cl].[c-]1cccc2c1[Si]c1ccccc1-2. The summed E-state index contributed by atoms with van der Waals surface area (Å²) in [6, 6.07) is 76.4. The average molecular weight is 1070 g/mol. The van der Waals surface area contributed by atoms with Gasteiger partial charge in [0.25, 0.3) is 0 Å². The molecule has 0 unspecified atom stereocenters. The number of benzene rings is 8. The van der Waals surface area contributed by atoms with Gasteiger partial charge in [-0.15, -0.1) is 62.5 Å². The fourth-order valence-corrected chi connectivity index (χ4v) is 11.7. The van der Waals surface area contributed by atoms with E-state index >= 15 is 0 Å². The number of hydrogen-bond acceptors (Lipinski definition) is 0. The van der Waals surface area contributed by atoms with Crippen LogP contribution in [0, 0.1) is 17.9 Å². The van der Waals surface area contributed by atoms with E-state index in [2.05, 4.69) is 256 Å². The van der Waals surface area contributed by atoms with Gasteiger partial charge in [0.1, 0.15) is 0 Å². The van der Waals surface area contributed by atoms with Gasteiger partial charge in [-0.1, -0.05) is 223 Å². The zero-order chi connectivity index (χ0) is 50.7. The second-order valence-electron chi connectivity index (χ2n) is 20.3. The van der Waals surface area contributed by atoms with E-state index < -0.39 is 20.8 Å². The van der Waals surface area contributed by atoms with Crippen molar-refractivity contribution in [3.8, 4) is 55.6 Å². The molecular weight excluding hydrogens is 1010 g/mol. The topological polar surface area (TPSA) is 0 Å². The van der Waals surface area contributed by atoms with Crippen LogP contribution in [0.1, 0.15) is 89.5 Å². The zero-order valence-corrected chi connectivity index (χ0v) is 48.0. The first kappa shape index (κ1) is 53.0. The molecule has 0 saturated carbocycles. The number of hydrogen-bond donors (Lipinski definition) is 0. The average Bonchev–Trinajstić information content (AvgIpc) is 4.11. The van der Waals surface area contributed by atoms with Crippen LogP contribution >= 0.6 is 17.0 Å². The molecule has 0 spiro atoms. The molecule has 1 aliphatic heterocycles. The van der Waals surface area contributed by atoms with Gasteiger partial charge < -0.3 is 0 Å². The fraction of sp³-hybridized carbons (Fsp3) is 0.206. The van der Waals surface area contributed by atoms with Gasteiger partial charge in [0.2, 0.25) is 0 Å². The Hall–Kier alpha value is -5.34. The molecule has 0 atom stereocenters. The predicted molar refractivity (Wildman–Crippen MR) is 314 cm³/mol. The Morgan fingerprint density at radius 2 is 0.847 bits per heavy atom. The minimum atomic E-state index is -0.826. The van der Waals surface area contributed by atoms with Crippen molar-refractivity contribution in [2.75, 3.05) is 0 Å². The second-order valence-corrected chi connectivity index (χ2v) is 25.3. The summed E-state index contributed by atoms with van der Waals surface area (Å²) in [5.74, 6) is 2.30. The van der Waals surface area contributed by atoms with Crippen molar-refractivity contribution in [1.82, 2.24) is 0 Å². The van der Waals surface area contributed by atoms with Crippen molar-refractivity contribution in [3.63, 3.8) is 0 Å². The molecule has 0 fully saturated rings. The van der Waals surface area contributed by atoms with E-state index in [0.717, 1.165) is 22.4 Å². The summed E-state index contributed by atoms with van der Waals surface area (Å²) in [6.45, 7) is 18.3. The van der Waals surface area contributed by atoms with Crippen molar-refractivity contribution >= 4 is 58.5 Å². The molecule has 72 heavy (non-hydrogen) atoms. The van der Waals surface area contributed by atoms with Crippen molar-refractivity contribution in [1.29, 1.82) is 0 Å². The van der Waals surface area contributed by atoms with Gasteiger partial charge in [-0.2, -0.15) is 41.6 Å². The Labute approximate surface area is 451 Å². The van der Waals surface area contributed by atoms with E-state index in [1.165, 1.54) is 110 Å². The van der Waals surface area contributed by atoms with Gasteiger partial charge in [0.15, 0.2) is 0 Å². The molecule has 11 rings (SSSR count). The molecule has 0 aliphatic carbocycles. The first-order chi connectivity index (χ1) is 34.9. The summed E-state index contributed by atoms with van der Waals surface area (Å²) in [4.78, 5) is 0. The third-order valence-electron chi connectivity index (χ3n) is 13.4. The largest absolute Gasteiger partial charge is 0.184 e. The predicted octanol–water partition coefficient (Wildman–Crippen LogP) is 18.9. The summed E-state index contributed by atoms with van der Waals surface area (Å²) in [5.41, 5.74) is 19.2. The second kappa shape index (κ2) is 25.1. The first-order valence-electron chi connectivity index (χ1n) is 25.5. The monoisotopic (exact) mass is 1070 g/mol. The van der Waals surface area contributed by atoms with Crippen LogP contribution in [0.4, 0.5) is 0 Å². The standard InChI is InChI=1S/2C28H29.C12H7Si.2ClH.Zr/c2*1-19(2)16-21-17-23-14-15-25(22-10-6-5-7-11-22)28(27(23)18-21)26-13-9-8-12-24(26)20(3)4;1-3-7-11-9(5-1)10-6-2-4-8-12(10)13-11;;;/h2*5-15,17-20H,16H2,1-4H3;1-7H;2*1H;/q3*-1;;;+2/p-2. The third-order valence-corrected chi connectivity index (χ3v) is 14.8. The third kappa shape index (κ3) is 12.5. The maximum absolute atomic E-state index is 4.93. The summed E-state index contributed by atoms with van der Waals surface area (Å²) in [6.07, 6.45) is 2.25. The molecule has 1 heterocycles. The van der Waals surface area contributed by atoms with Crippen LogP contribution in [0.5, 0.6) is 0 Å². The van der Waals surface area contributed by atoms with Crippen LogP contribution in [0.3, 0.4) is 0 Å². The van der Waals surface area contributed by atoms with E-state index in [1.807, 2.05) is 6.07 Å². The van der Waals surface area contributed by atoms with E-state index in [-0.39, 0.29) is 0 Å². The Bertz CT molecular complexity index is 3110. The van der Waals surface area contributed by atoms with Crippen LogP contribution in [-0.2, 0) is 33.7 Å². The summed E-state index contributed by atoms with van der Waals surface area (Å²) < 4.78 is 0. The van der Waals surface area contributed by atoms with Gasteiger partial charge in [-0.3, -0.25) is 0 Å². The summed E-state index contributed by atoms with van der Waals surface area (Å²) in [5, 5.41) is 8.28. The van der Waals surface area contributed by atoms with Crippen LogP contribution in [0.2, 0.25) is 0 Å². The van der Waals surface area contributed by atoms with Crippen LogP contribution in [0.15, 0.2) is 200 Å². The Morgan fingerprint density at radius 3 is 1.29 bits per heavy atom. The quantitative estimate of drug-likeness (QED) is 0.0946. The normalized spacial score (nSPS) is 11.5. The molecule has 0 nitrogen and oxygen atoms in total. The smallest absolute Gasteiger partial charge is 0.0920 e. The molecule has 4 heteroatoms. The maximum atomic E-state index is 4.93. The first-order valence-corrected chi connectivity index (χ1v) is 32.9. The number of halogens is 2. The minimum Gasteiger partial charge on any atom is -0.184 e. The molecular formula is C68H65Cl2SiZr-3. The van der Waals surface area contributed by atoms with Gasteiger partial charge in [-0.25, -0.2) is 0 Å². The molecule has 362 valence electrons. The van der Waals surface area contributed by atoms with E-state index in [1.54, 1.807) is 0 Å². The van der Waals surface area contributed by atoms with Gasteiger partial charge in [0, 0.05) is 0 Å². The Kier molecular flexibility index (Phi) is 18.4. The zero-order valence-electron chi connectivity index (χ0n) is 43.0. The van der Waals surface area contributed by atoms with Gasteiger partial charge in [0.05, 0.1) is 9.52 Å². The number of fused-ring (bicyclic) bond motifs is 5. The molecule has 0 bridgehead atoms. The van der Waals surface area contributed by atoms with E-state index in [9.17, 15) is 0 Å². The Balaban J connectivity index is 0.000000149. The van der Waals surface area contributed by atoms with Crippen molar-refractivity contribution in [2.24, 2.45) is 11.8 Å². The Morgan fingerprint density at radius 1 is 0.444 bits per heavy atom. The van der Waals surface area contributed by atoms with Crippen molar-refractivity contribution in [2.45, 2.75) is 80.1 Å².